The normalized spacial score (nSPS) is 18.9. The van der Waals surface area contributed by atoms with Gasteiger partial charge in [0.25, 0.3) is 0 Å². The predicted molar refractivity (Wildman–Crippen MR) is 61.8 cm³/mol. The minimum Gasteiger partial charge on any atom is -0.389 e. The summed E-state index contributed by atoms with van der Waals surface area (Å²) in [5.74, 6) is 0.0112. The quantitative estimate of drug-likeness (QED) is 0.815. The van der Waals surface area contributed by atoms with E-state index in [9.17, 15) is 9.90 Å². The molecule has 3 nitrogen and oxygen atoms in total. The van der Waals surface area contributed by atoms with E-state index in [2.05, 4.69) is 5.32 Å². The van der Waals surface area contributed by atoms with Crippen LogP contribution in [0.5, 0.6) is 0 Å². The number of hydrogen-bond acceptors (Lipinski definition) is 2. The summed E-state index contributed by atoms with van der Waals surface area (Å²) in [6, 6.07) is 7.82. The van der Waals surface area contributed by atoms with E-state index in [1.54, 1.807) is 13.8 Å². The summed E-state index contributed by atoms with van der Waals surface area (Å²) in [4.78, 5) is 11.1. The molecule has 0 bridgehead atoms. The summed E-state index contributed by atoms with van der Waals surface area (Å²) >= 11 is 0. The van der Waals surface area contributed by atoms with Crippen LogP contribution in [-0.4, -0.2) is 11.0 Å². The predicted octanol–water partition coefficient (Wildman–Crippen LogP) is 1.87. The lowest BCUT2D eigenvalue weighted by atomic mass is 10.0. The van der Waals surface area contributed by atoms with Gasteiger partial charge in [-0.3, -0.25) is 4.79 Å². The van der Waals surface area contributed by atoms with Crippen LogP contribution in [0.25, 0.3) is 0 Å². The van der Waals surface area contributed by atoms with Crippen molar-refractivity contribution in [3.05, 3.63) is 35.4 Å². The Kier molecular flexibility index (Phi) is 2.72. The van der Waals surface area contributed by atoms with Gasteiger partial charge >= 0.3 is 0 Å². The molecule has 1 saturated carbocycles. The molecule has 0 spiro atoms. The molecule has 2 rings (SSSR count). The second-order valence-electron chi connectivity index (χ2n) is 4.56. The maximum absolute atomic E-state index is 11.1. The van der Waals surface area contributed by atoms with Gasteiger partial charge in [-0.2, -0.15) is 0 Å². The molecule has 3 heteroatoms. The molecule has 86 valence electrons. The van der Waals surface area contributed by atoms with Crippen LogP contribution in [-0.2, 0) is 10.3 Å². The molecule has 16 heavy (non-hydrogen) atoms. The molecule has 1 unspecified atom stereocenters. The van der Waals surface area contributed by atoms with E-state index < -0.39 is 6.10 Å². The van der Waals surface area contributed by atoms with Crippen LogP contribution in [0.15, 0.2) is 24.3 Å². The van der Waals surface area contributed by atoms with Crippen molar-refractivity contribution < 1.29 is 9.90 Å². The molecule has 2 N–H and O–H groups in total. The van der Waals surface area contributed by atoms with Crippen LogP contribution in [0, 0.1) is 0 Å². The zero-order valence-electron chi connectivity index (χ0n) is 9.66. The summed E-state index contributed by atoms with van der Waals surface area (Å²) in [7, 11) is 0. The van der Waals surface area contributed by atoms with Gasteiger partial charge in [-0.15, -0.1) is 0 Å². The smallest absolute Gasteiger partial charge is 0.217 e. The first-order valence-corrected chi connectivity index (χ1v) is 5.61. The van der Waals surface area contributed by atoms with Crippen LogP contribution < -0.4 is 5.32 Å². The van der Waals surface area contributed by atoms with Crippen LogP contribution in [0.3, 0.4) is 0 Å². The highest BCUT2D eigenvalue weighted by Gasteiger charge is 2.44. The number of benzene rings is 1. The van der Waals surface area contributed by atoms with Gasteiger partial charge < -0.3 is 10.4 Å². The third-order valence-electron chi connectivity index (χ3n) is 3.11. The molecular weight excluding hydrogens is 202 g/mol. The SMILES string of the molecule is CC(=O)NC1(c2ccc(C(C)O)cc2)CC1. The summed E-state index contributed by atoms with van der Waals surface area (Å²) in [5.41, 5.74) is 1.90. The van der Waals surface area contributed by atoms with E-state index in [1.165, 1.54) is 0 Å². The van der Waals surface area contributed by atoms with Gasteiger partial charge in [-0.25, -0.2) is 0 Å². The lowest BCUT2D eigenvalue weighted by Crippen LogP contribution is -2.32. The molecule has 1 aromatic rings. The van der Waals surface area contributed by atoms with Crippen LogP contribution >= 0.6 is 0 Å². The topological polar surface area (TPSA) is 49.3 Å². The Bertz CT molecular complexity index is 391. The van der Waals surface area contributed by atoms with Crippen LogP contribution in [0.1, 0.15) is 43.9 Å². The maximum atomic E-state index is 11.1. The van der Waals surface area contributed by atoms with Gasteiger partial charge in [0.2, 0.25) is 5.91 Å². The third kappa shape index (κ3) is 2.09. The Morgan fingerprint density at radius 3 is 2.31 bits per heavy atom. The molecule has 0 aliphatic heterocycles. The Morgan fingerprint density at radius 2 is 1.94 bits per heavy atom. The van der Waals surface area contributed by atoms with Crippen molar-refractivity contribution in [3.63, 3.8) is 0 Å². The van der Waals surface area contributed by atoms with Crippen molar-refractivity contribution in [2.24, 2.45) is 0 Å². The van der Waals surface area contributed by atoms with Gasteiger partial charge in [-0.1, -0.05) is 24.3 Å². The van der Waals surface area contributed by atoms with Crippen molar-refractivity contribution in [1.82, 2.24) is 5.32 Å². The minimum atomic E-state index is -0.440. The molecule has 1 aliphatic carbocycles. The number of nitrogens with one attached hydrogen (secondary N) is 1. The fourth-order valence-electron chi connectivity index (χ4n) is 2.03. The monoisotopic (exact) mass is 219 g/mol. The van der Waals surface area contributed by atoms with Gasteiger partial charge in [0.1, 0.15) is 0 Å². The number of amides is 1. The van der Waals surface area contributed by atoms with Crippen molar-refractivity contribution in [1.29, 1.82) is 0 Å². The van der Waals surface area contributed by atoms with E-state index in [0.29, 0.717) is 0 Å². The summed E-state index contributed by atoms with van der Waals surface area (Å²) in [6.07, 6.45) is 1.56. The average molecular weight is 219 g/mol. The Balaban J connectivity index is 2.19. The first kappa shape index (κ1) is 11.1. The zero-order chi connectivity index (χ0) is 11.8. The first-order chi connectivity index (χ1) is 7.53. The van der Waals surface area contributed by atoms with Crippen LogP contribution in [0.4, 0.5) is 0 Å². The number of hydrogen-bond donors (Lipinski definition) is 2. The molecule has 1 aromatic carbocycles. The van der Waals surface area contributed by atoms with Gasteiger partial charge in [0.15, 0.2) is 0 Å². The molecule has 1 amide bonds. The summed E-state index contributed by atoms with van der Waals surface area (Å²) in [5, 5.41) is 12.4. The van der Waals surface area contributed by atoms with Crippen molar-refractivity contribution in [3.8, 4) is 0 Å². The first-order valence-electron chi connectivity index (χ1n) is 5.61. The van der Waals surface area contributed by atoms with E-state index in [-0.39, 0.29) is 11.4 Å². The minimum absolute atomic E-state index is 0.0112. The molecule has 0 saturated heterocycles. The molecular formula is C13H17NO2. The maximum Gasteiger partial charge on any atom is 0.217 e. The number of aliphatic hydroxyl groups excluding tert-OH is 1. The molecule has 1 atom stereocenters. The van der Waals surface area contributed by atoms with E-state index >= 15 is 0 Å². The van der Waals surface area contributed by atoms with Crippen molar-refractivity contribution >= 4 is 5.91 Å². The zero-order valence-corrected chi connectivity index (χ0v) is 9.66. The second kappa shape index (κ2) is 3.91. The lowest BCUT2D eigenvalue weighted by molar-refractivity contribution is -0.120. The van der Waals surface area contributed by atoms with E-state index in [1.807, 2.05) is 24.3 Å². The highest BCUT2D eigenvalue weighted by atomic mass is 16.3. The Morgan fingerprint density at radius 1 is 1.38 bits per heavy atom. The van der Waals surface area contributed by atoms with E-state index in [4.69, 9.17) is 0 Å². The van der Waals surface area contributed by atoms with Crippen LogP contribution in [0.2, 0.25) is 0 Å². The largest absolute Gasteiger partial charge is 0.389 e. The van der Waals surface area contributed by atoms with E-state index in [0.717, 1.165) is 24.0 Å². The lowest BCUT2D eigenvalue weighted by Gasteiger charge is -2.17. The molecule has 0 radical (unpaired) electrons. The summed E-state index contributed by atoms with van der Waals surface area (Å²) < 4.78 is 0. The average Bonchev–Trinajstić information content (AvgIpc) is 2.98. The highest BCUT2D eigenvalue weighted by Crippen LogP contribution is 2.45. The molecule has 0 aromatic heterocycles. The molecule has 1 aliphatic rings. The fraction of sp³-hybridized carbons (Fsp3) is 0.462. The summed E-state index contributed by atoms with van der Waals surface area (Å²) in [6.45, 7) is 3.29. The van der Waals surface area contributed by atoms with Gasteiger partial charge in [0.05, 0.1) is 11.6 Å². The van der Waals surface area contributed by atoms with Gasteiger partial charge in [0, 0.05) is 6.92 Å². The standard InChI is InChI=1S/C13H17NO2/c1-9(15)11-3-5-12(6-4-11)13(7-8-13)14-10(2)16/h3-6,9,15H,7-8H2,1-2H3,(H,14,16). The number of aliphatic hydroxyl groups is 1. The number of carbonyl (C=O) groups excluding carboxylic acids is 1. The van der Waals surface area contributed by atoms with Crippen molar-refractivity contribution in [2.45, 2.75) is 38.3 Å². The third-order valence-corrected chi connectivity index (χ3v) is 3.11. The number of carbonyl (C=O) groups is 1. The second-order valence-corrected chi connectivity index (χ2v) is 4.56. The fourth-order valence-corrected chi connectivity index (χ4v) is 2.03. The molecule has 1 fully saturated rings. The highest BCUT2D eigenvalue weighted by molar-refractivity contribution is 5.74. The Labute approximate surface area is 95.5 Å². The molecule has 0 heterocycles. The Hall–Kier alpha value is -1.35. The van der Waals surface area contributed by atoms with Gasteiger partial charge in [-0.05, 0) is 30.9 Å². The number of rotatable bonds is 3. The van der Waals surface area contributed by atoms with Crippen molar-refractivity contribution in [2.75, 3.05) is 0 Å².